The Labute approximate surface area is 132 Å². The Kier molecular flexibility index (Phi) is 7.73. The third-order valence-electron chi connectivity index (χ3n) is 3.04. The number of nitrogens with zero attached hydrogens (tertiary/aromatic N) is 2. The largest absolute Gasteiger partial charge is 0.382 e. The maximum absolute atomic E-state index is 11.9. The molecule has 22 heavy (non-hydrogen) atoms. The van der Waals surface area contributed by atoms with Gasteiger partial charge in [0.15, 0.2) is 0 Å². The minimum Gasteiger partial charge on any atom is -0.382 e. The third kappa shape index (κ3) is 5.98. The Balaban J connectivity index is 2.62. The van der Waals surface area contributed by atoms with Crippen molar-refractivity contribution in [2.24, 2.45) is 0 Å². The Morgan fingerprint density at radius 2 is 2.05 bits per heavy atom. The van der Waals surface area contributed by atoms with Crippen LogP contribution in [0.1, 0.15) is 18.9 Å². The van der Waals surface area contributed by atoms with Gasteiger partial charge in [-0.2, -0.15) is 5.26 Å². The summed E-state index contributed by atoms with van der Waals surface area (Å²) < 4.78 is 5.19. The Morgan fingerprint density at radius 1 is 1.36 bits per heavy atom. The summed E-state index contributed by atoms with van der Waals surface area (Å²) in [6.45, 7) is 3.70. The molecule has 1 aromatic carbocycles. The molecular formula is C17H23N3O2. The van der Waals surface area contributed by atoms with E-state index in [0.717, 1.165) is 17.7 Å². The number of hydrogen-bond acceptors (Lipinski definition) is 4. The molecule has 0 atom stereocenters. The van der Waals surface area contributed by atoms with Crippen molar-refractivity contribution in [3.63, 3.8) is 0 Å². The van der Waals surface area contributed by atoms with E-state index in [9.17, 15) is 4.79 Å². The average Bonchev–Trinajstić information content (AvgIpc) is 2.52. The van der Waals surface area contributed by atoms with Gasteiger partial charge < -0.3 is 15.0 Å². The molecule has 1 amide bonds. The van der Waals surface area contributed by atoms with Crippen LogP contribution in [-0.4, -0.2) is 39.8 Å². The first-order chi connectivity index (χ1) is 10.6. The highest BCUT2D eigenvalue weighted by atomic mass is 16.5. The molecule has 0 aliphatic carbocycles. The second-order valence-corrected chi connectivity index (χ2v) is 4.96. The zero-order chi connectivity index (χ0) is 16.4. The molecule has 0 aliphatic rings. The second kappa shape index (κ2) is 9.59. The predicted octanol–water partition coefficient (Wildman–Crippen LogP) is 2.20. The van der Waals surface area contributed by atoms with Crippen LogP contribution < -0.4 is 10.2 Å². The van der Waals surface area contributed by atoms with Crippen LogP contribution in [0.4, 0.5) is 5.69 Å². The maximum Gasteiger partial charge on any atom is 0.261 e. The molecule has 0 saturated heterocycles. The first kappa shape index (κ1) is 17.7. The Bertz CT molecular complexity index is 542. The van der Waals surface area contributed by atoms with E-state index in [4.69, 9.17) is 10.00 Å². The molecule has 118 valence electrons. The lowest BCUT2D eigenvalue weighted by Crippen LogP contribution is -2.26. The average molecular weight is 301 g/mol. The first-order valence-corrected chi connectivity index (χ1v) is 7.33. The van der Waals surface area contributed by atoms with Crippen LogP contribution >= 0.6 is 0 Å². The fourth-order valence-electron chi connectivity index (χ4n) is 1.80. The number of nitriles is 1. The summed E-state index contributed by atoms with van der Waals surface area (Å²) in [6.07, 6.45) is 2.33. The van der Waals surface area contributed by atoms with E-state index in [-0.39, 0.29) is 11.5 Å². The number of hydrogen-bond donors (Lipinski definition) is 1. The third-order valence-corrected chi connectivity index (χ3v) is 3.04. The smallest absolute Gasteiger partial charge is 0.261 e. The zero-order valence-corrected chi connectivity index (χ0v) is 13.4. The zero-order valence-electron chi connectivity index (χ0n) is 13.4. The lowest BCUT2D eigenvalue weighted by molar-refractivity contribution is -0.117. The number of carbonyl (C=O) groups is 1. The molecule has 1 rings (SSSR count). The molecule has 5 nitrogen and oxygen atoms in total. The number of ether oxygens (including phenoxy) is 1. The van der Waals surface area contributed by atoms with Gasteiger partial charge >= 0.3 is 0 Å². The Hall–Kier alpha value is -2.32. The molecule has 0 aromatic heterocycles. The topological polar surface area (TPSA) is 65.4 Å². The van der Waals surface area contributed by atoms with E-state index >= 15 is 0 Å². The van der Waals surface area contributed by atoms with Crippen LogP contribution in [0.15, 0.2) is 29.8 Å². The van der Waals surface area contributed by atoms with Crippen LogP contribution in [-0.2, 0) is 9.53 Å². The minimum atomic E-state index is -0.351. The van der Waals surface area contributed by atoms with Gasteiger partial charge in [-0.1, -0.05) is 12.1 Å². The molecule has 1 N–H and O–H groups in total. The number of carbonyl (C=O) groups excluding carboxylic acids is 1. The summed E-state index contributed by atoms with van der Waals surface area (Å²) in [7, 11) is 3.92. The van der Waals surface area contributed by atoms with E-state index in [1.165, 1.54) is 0 Å². The van der Waals surface area contributed by atoms with Crippen molar-refractivity contribution < 1.29 is 9.53 Å². The van der Waals surface area contributed by atoms with Gasteiger partial charge in [0, 0.05) is 39.5 Å². The lowest BCUT2D eigenvalue weighted by atomic mass is 10.1. The molecule has 0 spiro atoms. The van der Waals surface area contributed by atoms with E-state index in [1.54, 1.807) is 6.08 Å². The molecule has 0 saturated carbocycles. The fourth-order valence-corrected chi connectivity index (χ4v) is 1.80. The molecule has 1 aromatic rings. The van der Waals surface area contributed by atoms with Gasteiger partial charge in [0.05, 0.1) is 0 Å². The summed E-state index contributed by atoms with van der Waals surface area (Å²) >= 11 is 0. The maximum atomic E-state index is 11.9. The summed E-state index contributed by atoms with van der Waals surface area (Å²) in [4.78, 5) is 13.9. The normalized spacial score (nSPS) is 10.9. The summed E-state index contributed by atoms with van der Waals surface area (Å²) in [5, 5.41) is 11.9. The molecule has 0 heterocycles. The van der Waals surface area contributed by atoms with Gasteiger partial charge in [0.25, 0.3) is 5.91 Å². The van der Waals surface area contributed by atoms with Gasteiger partial charge in [0.1, 0.15) is 11.6 Å². The Morgan fingerprint density at radius 3 is 2.59 bits per heavy atom. The van der Waals surface area contributed by atoms with Crippen molar-refractivity contribution in [2.45, 2.75) is 13.3 Å². The SMILES string of the molecule is CCOCCCNC(=O)C(C#N)=Cc1ccc(N(C)C)cc1. The van der Waals surface area contributed by atoms with Gasteiger partial charge in [-0.15, -0.1) is 0 Å². The highest BCUT2D eigenvalue weighted by Gasteiger charge is 2.08. The summed E-state index contributed by atoms with van der Waals surface area (Å²) in [5.41, 5.74) is 2.00. The monoisotopic (exact) mass is 301 g/mol. The first-order valence-electron chi connectivity index (χ1n) is 7.33. The quantitative estimate of drug-likeness (QED) is 0.454. The van der Waals surface area contributed by atoms with Crippen LogP contribution in [0.2, 0.25) is 0 Å². The van der Waals surface area contributed by atoms with Crippen LogP contribution in [0.3, 0.4) is 0 Å². The van der Waals surface area contributed by atoms with E-state index in [0.29, 0.717) is 19.8 Å². The van der Waals surface area contributed by atoms with Crippen molar-refractivity contribution in [2.75, 3.05) is 38.8 Å². The van der Waals surface area contributed by atoms with Crippen LogP contribution in [0.25, 0.3) is 6.08 Å². The van der Waals surface area contributed by atoms with Crippen LogP contribution in [0, 0.1) is 11.3 Å². The fraction of sp³-hybridized carbons (Fsp3) is 0.412. The van der Waals surface area contributed by atoms with E-state index in [1.807, 2.05) is 56.3 Å². The number of nitrogens with one attached hydrogen (secondary N) is 1. The number of benzene rings is 1. The molecule has 5 heteroatoms. The molecule has 0 aliphatic heterocycles. The van der Waals surface area contributed by atoms with E-state index < -0.39 is 0 Å². The summed E-state index contributed by atoms with van der Waals surface area (Å²) in [5.74, 6) is -0.351. The van der Waals surface area contributed by atoms with Crippen LogP contribution in [0.5, 0.6) is 0 Å². The highest BCUT2D eigenvalue weighted by Crippen LogP contribution is 2.14. The van der Waals surface area contributed by atoms with Gasteiger partial charge in [-0.25, -0.2) is 0 Å². The lowest BCUT2D eigenvalue weighted by Gasteiger charge is -2.11. The number of amides is 1. The van der Waals surface area contributed by atoms with Crippen molar-refractivity contribution in [3.8, 4) is 6.07 Å². The van der Waals surface area contributed by atoms with Gasteiger partial charge in [-0.3, -0.25) is 4.79 Å². The molecular weight excluding hydrogens is 278 g/mol. The summed E-state index contributed by atoms with van der Waals surface area (Å²) in [6, 6.07) is 9.61. The minimum absolute atomic E-state index is 0.106. The molecule has 0 radical (unpaired) electrons. The molecule has 0 unspecified atom stereocenters. The second-order valence-electron chi connectivity index (χ2n) is 4.96. The number of rotatable bonds is 8. The standard InChI is InChI=1S/C17H23N3O2/c1-4-22-11-5-10-19-17(21)15(13-18)12-14-6-8-16(9-7-14)20(2)3/h6-9,12H,4-5,10-11H2,1-3H3,(H,19,21). The van der Waals surface area contributed by atoms with Crippen molar-refractivity contribution in [3.05, 3.63) is 35.4 Å². The molecule has 0 fully saturated rings. The van der Waals surface area contributed by atoms with E-state index in [2.05, 4.69) is 5.32 Å². The molecule has 0 bridgehead atoms. The van der Waals surface area contributed by atoms with Gasteiger partial charge in [-0.05, 0) is 37.1 Å². The highest BCUT2D eigenvalue weighted by molar-refractivity contribution is 6.01. The van der Waals surface area contributed by atoms with Crippen molar-refractivity contribution in [1.29, 1.82) is 5.26 Å². The van der Waals surface area contributed by atoms with Crippen molar-refractivity contribution >= 4 is 17.7 Å². The van der Waals surface area contributed by atoms with Gasteiger partial charge in [0.2, 0.25) is 0 Å². The predicted molar refractivity (Wildman–Crippen MR) is 88.5 cm³/mol. The van der Waals surface area contributed by atoms with Crippen molar-refractivity contribution in [1.82, 2.24) is 5.32 Å². The number of anilines is 1.